The number of amides is 3. The Morgan fingerprint density at radius 1 is 0.938 bits per heavy atom. The lowest BCUT2D eigenvalue weighted by atomic mass is 10.1. The van der Waals surface area contributed by atoms with Crippen molar-refractivity contribution in [3.8, 4) is 5.75 Å². The van der Waals surface area contributed by atoms with Crippen LogP contribution >= 0.6 is 0 Å². The Balaban J connectivity index is 1.40. The van der Waals surface area contributed by atoms with E-state index in [4.69, 9.17) is 4.74 Å². The van der Waals surface area contributed by atoms with Crippen LogP contribution in [0.4, 0.5) is 11.4 Å². The number of carbonyl (C=O) groups is 3. The summed E-state index contributed by atoms with van der Waals surface area (Å²) >= 11 is 0. The number of rotatable bonds is 7. The van der Waals surface area contributed by atoms with Crippen molar-refractivity contribution >= 4 is 29.1 Å². The third-order valence-corrected chi connectivity index (χ3v) is 5.10. The lowest BCUT2D eigenvalue weighted by Gasteiger charge is -2.30. The third-order valence-electron chi connectivity index (χ3n) is 5.10. The Hall–Kier alpha value is -4.13. The lowest BCUT2D eigenvalue weighted by molar-refractivity contribution is -0.121. The van der Waals surface area contributed by atoms with Crippen LogP contribution in [0.25, 0.3) is 0 Å². The molecule has 3 amide bonds. The molecule has 3 aromatic rings. The molecule has 0 saturated carbocycles. The van der Waals surface area contributed by atoms with Crippen LogP contribution in [0, 0.1) is 0 Å². The second kappa shape index (κ2) is 9.78. The van der Waals surface area contributed by atoms with E-state index in [0.717, 1.165) is 5.56 Å². The molecule has 0 bridgehead atoms. The van der Waals surface area contributed by atoms with E-state index >= 15 is 0 Å². The number of carbonyl (C=O) groups excluding carboxylic acids is 3. The van der Waals surface area contributed by atoms with Crippen molar-refractivity contribution in [1.82, 2.24) is 5.32 Å². The Morgan fingerprint density at radius 2 is 1.66 bits per heavy atom. The smallest absolute Gasteiger partial charge is 0.265 e. The first-order chi connectivity index (χ1) is 15.6. The van der Waals surface area contributed by atoms with Gasteiger partial charge < -0.3 is 20.3 Å². The van der Waals surface area contributed by atoms with Crippen LogP contribution in [0.15, 0.2) is 78.9 Å². The Kier molecular flexibility index (Phi) is 6.46. The summed E-state index contributed by atoms with van der Waals surface area (Å²) in [6.45, 7) is 0.320. The number of hydrogen-bond donors (Lipinski definition) is 2. The summed E-state index contributed by atoms with van der Waals surface area (Å²) in [6.07, 6.45) is 0.703. The van der Waals surface area contributed by atoms with Gasteiger partial charge in [-0.05, 0) is 42.3 Å². The molecule has 32 heavy (non-hydrogen) atoms. The van der Waals surface area contributed by atoms with Gasteiger partial charge in [0.15, 0.2) is 6.61 Å². The van der Waals surface area contributed by atoms with Crippen LogP contribution in [0.1, 0.15) is 15.9 Å². The number of nitrogens with one attached hydrogen (secondary N) is 2. The maximum Gasteiger partial charge on any atom is 0.265 e. The fraction of sp³-hybridized carbons (Fsp3) is 0.160. The van der Waals surface area contributed by atoms with E-state index in [1.165, 1.54) is 0 Å². The summed E-state index contributed by atoms with van der Waals surface area (Å²) in [5, 5.41) is 5.36. The molecule has 0 unspecified atom stereocenters. The average Bonchev–Trinajstić information content (AvgIpc) is 2.83. The summed E-state index contributed by atoms with van der Waals surface area (Å²) in [4.78, 5) is 38.6. The first-order valence-corrected chi connectivity index (χ1v) is 10.3. The number of nitrogens with zero attached hydrogens (tertiary/aromatic N) is 1. The van der Waals surface area contributed by atoms with Crippen LogP contribution in [-0.4, -0.2) is 37.4 Å². The SMILES string of the molecule is O=C(CNC(=O)c1ccccc1)Nc1ccc2c(c1)N(CCc1ccccc1)C(=O)CO2. The number of benzene rings is 3. The van der Waals surface area contributed by atoms with Crippen LogP contribution in [-0.2, 0) is 16.0 Å². The number of ether oxygens (including phenoxy) is 1. The largest absolute Gasteiger partial charge is 0.482 e. The van der Waals surface area contributed by atoms with Gasteiger partial charge in [-0.15, -0.1) is 0 Å². The van der Waals surface area contributed by atoms with Gasteiger partial charge in [-0.1, -0.05) is 48.5 Å². The zero-order chi connectivity index (χ0) is 22.3. The van der Waals surface area contributed by atoms with Crippen molar-refractivity contribution in [3.63, 3.8) is 0 Å². The number of fused-ring (bicyclic) bond motifs is 1. The van der Waals surface area contributed by atoms with Gasteiger partial charge in [0.1, 0.15) is 5.75 Å². The number of anilines is 2. The normalized spacial score (nSPS) is 12.5. The van der Waals surface area contributed by atoms with Crippen LogP contribution in [0.5, 0.6) is 5.75 Å². The highest BCUT2D eigenvalue weighted by Crippen LogP contribution is 2.34. The fourth-order valence-electron chi connectivity index (χ4n) is 3.47. The van der Waals surface area contributed by atoms with Crippen LogP contribution in [0.2, 0.25) is 0 Å². The molecule has 0 fully saturated rings. The standard InChI is InChI=1S/C25H23N3O4/c29-23(16-26-25(31)19-9-5-2-6-10-19)27-20-11-12-22-21(15-20)28(24(30)17-32-22)14-13-18-7-3-1-4-8-18/h1-12,15H,13-14,16-17H2,(H,26,31)(H,27,29). The maximum atomic E-state index is 12.5. The van der Waals surface area contributed by atoms with Gasteiger partial charge in [0.25, 0.3) is 11.8 Å². The fourth-order valence-corrected chi connectivity index (χ4v) is 3.47. The van der Waals surface area contributed by atoms with Crippen molar-refractivity contribution in [2.75, 3.05) is 29.9 Å². The molecular weight excluding hydrogens is 406 g/mol. The Labute approximate surface area is 186 Å². The van der Waals surface area contributed by atoms with Gasteiger partial charge in [0.05, 0.1) is 12.2 Å². The van der Waals surface area contributed by atoms with E-state index in [2.05, 4.69) is 10.6 Å². The Morgan fingerprint density at radius 3 is 2.41 bits per heavy atom. The molecule has 4 rings (SSSR count). The van der Waals surface area contributed by atoms with Crippen molar-refractivity contribution < 1.29 is 19.1 Å². The molecule has 1 aliphatic rings. The number of hydrogen-bond acceptors (Lipinski definition) is 4. The molecule has 1 heterocycles. The zero-order valence-electron chi connectivity index (χ0n) is 17.4. The molecule has 7 nitrogen and oxygen atoms in total. The third kappa shape index (κ3) is 5.13. The van der Waals surface area contributed by atoms with Crippen molar-refractivity contribution in [2.24, 2.45) is 0 Å². The van der Waals surface area contributed by atoms with Crippen LogP contribution in [0.3, 0.4) is 0 Å². The summed E-state index contributed by atoms with van der Waals surface area (Å²) in [5.41, 5.74) is 2.75. The van der Waals surface area contributed by atoms with E-state index in [9.17, 15) is 14.4 Å². The summed E-state index contributed by atoms with van der Waals surface area (Å²) in [5.74, 6) is -0.231. The topological polar surface area (TPSA) is 87.7 Å². The molecule has 2 N–H and O–H groups in total. The van der Waals surface area contributed by atoms with Gasteiger partial charge in [0.2, 0.25) is 5.91 Å². The minimum Gasteiger partial charge on any atom is -0.482 e. The quantitative estimate of drug-likeness (QED) is 0.604. The molecule has 162 valence electrons. The predicted octanol–water partition coefficient (Wildman–Crippen LogP) is 3.02. The molecular formula is C25H23N3O4. The van der Waals surface area contributed by atoms with Crippen molar-refractivity contribution in [2.45, 2.75) is 6.42 Å². The predicted molar refractivity (Wildman–Crippen MR) is 122 cm³/mol. The molecule has 1 aliphatic heterocycles. The van der Waals surface area contributed by atoms with E-state index in [1.54, 1.807) is 47.4 Å². The molecule has 0 atom stereocenters. The maximum absolute atomic E-state index is 12.5. The molecule has 0 radical (unpaired) electrons. The molecule has 0 spiro atoms. The highest BCUT2D eigenvalue weighted by Gasteiger charge is 2.25. The molecule has 0 aromatic heterocycles. The van der Waals surface area contributed by atoms with E-state index in [1.807, 2.05) is 36.4 Å². The minimum atomic E-state index is -0.367. The summed E-state index contributed by atoms with van der Waals surface area (Å²) in [6, 6.07) is 23.8. The molecule has 0 saturated heterocycles. The monoisotopic (exact) mass is 429 g/mol. The highest BCUT2D eigenvalue weighted by molar-refractivity contribution is 6.01. The summed E-state index contributed by atoms with van der Waals surface area (Å²) < 4.78 is 5.55. The van der Waals surface area contributed by atoms with Crippen molar-refractivity contribution in [1.29, 1.82) is 0 Å². The molecule has 3 aromatic carbocycles. The van der Waals surface area contributed by atoms with Crippen molar-refractivity contribution in [3.05, 3.63) is 90.0 Å². The first kappa shape index (κ1) is 21.1. The molecule has 7 heteroatoms. The highest BCUT2D eigenvalue weighted by atomic mass is 16.5. The molecule has 0 aliphatic carbocycles. The minimum absolute atomic E-state index is 0.0149. The first-order valence-electron chi connectivity index (χ1n) is 10.3. The van der Waals surface area contributed by atoms with E-state index in [0.29, 0.717) is 35.7 Å². The zero-order valence-corrected chi connectivity index (χ0v) is 17.4. The Bertz CT molecular complexity index is 1120. The van der Waals surface area contributed by atoms with Gasteiger partial charge >= 0.3 is 0 Å². The van der Waals surface area contributed by atoms with Gasteiger partial charge in [0, 0.05) is 17.8 Å². The average molecular weight is 429 g/mol. The van der Waals surface area contributed by atoms with Gasteiger partial charge in [-0.25, -0.2) is 0 Å². The second-order valence-electron chi connectivity index (χ2n) is 7.35. The second-order valence-corrected chi connectivity index (χ2v) is 7.35. The van der Waals surface area contributed by atoms with E-state index in [-0.39, 0.29) is 30.9 Å². The van der Waals surface area contributed by atoms with E-state index < -0.39 is 0 Å². The lowest BCUT2D eigenvalue weighted by Crippen LogP contribution is -2.40. The van der Waals surface area contributed by atoms with Crippen LogP contribution < -0.4 is 20.3 Å². The van der Waals surface area contributed by atoms with Gasteiger partial charge in [-0.3, -0.25) is 14.4 Å². The summed E-state index contributed by atoms with van der Waals surface area (Å²) in [7, 11) is 0. The van der Waals surface area contributed by atoms with Gasteiger partial charge in [-0.2, -0.15) is 0 Å².